The van der Waals surface area contributed by atoms with Crippen LogP contribution < -0.4 is 0 Å². The normalized spacial score (nSPS) is 12.3. The highest BCUT2D eigenvalue weighted by Gasteiger charge is 2.46. The third-order valence-corrected chi connectivity index (χ3v) is 28.3. The third-order valence-electron chi connectivity index (χ3n) is 28.3. The summed E-state index contributed by atoms with van der Waals surface area (Å²) >= 11 is 0. The maximum Gasteiger partial charge on any atom is 0.164 e. The molecule has 10 heteroatoms. The van der Waals surface area contributed by atoms with Gasteiger partial charge in [-0.1, -0.05) is 463 Å². The molecule has 0 spiro atoms. The van der Waals surface area contributed by atoms with Gasteiger partial charge in [0.05, 0.1) is 38.9 Å². The van der Waals surface area contributed by atoms with E-state index in [1.807, 2.05) is 109 Å². The van der Waals surface area contributed by atoms with Gasteiger partial charge in [-0.3, -0.25) is 0 Å². The fraction of sp³-hybridized carbons (Fsp3) is 0.0299. The molecule has 2 aliphatic carbocycles. The molecule has 0 unspecified atom stereocenters. The van der Waals surface area contributed by atoms with Crippen molar-refractivity contribution in [3.05, 3.63) is 555 Å². The molecule has 10 nitrogen and oxygen atoms in total. The van der Waals surface area contributed by atoms with Gasteiger partial charge in [0.2, 0.25) is 0 Å². The summed E-state index contributed by atoms with van der Waals surface area (Å²) in [6.45, 7) is 4.66. The molecule has 678 valence electrons. The van der Waals surface area contributed by atoms with Crippen molar-refractivity contribution >= 4 is 43.6 Å². The molecule has 0 saturated heterocycles. The van der Waals surface area contributed by atoms with Crippen molar-refractivity contribution in [2.75, 3.05) is 0 Å². The third kappa shape index (κ3) is 16.0. The lowest BCUT2D eigenvalue weighted by Crippen LogP contribution is -2.28. The monoisotopic (exact) mass is 1840 g/mol. The highest BCUT2D eigenvalue weighted by molar-refractivity contribution is 6.11. The first-order chi connectivity index (χ1) is 71.1. The SMILES string of the molecule is CC1(C)c2ccccc2-c2ccc(-c3cccc(-c4cccc(-c5nc(-c6ccccc6)nc(-c6ccccc6)n5)c4)c3)cc21.c1ccc(-c2cc(-c3cc(-n4c5ccccc5c5ccccc54)cc(-n4c5ccccc5c5ccccc54)c3)nc(-c3ccccc3)n2)cc1.c1ccc(-c2ccc(-c3nc(-c4ccccc4)nc(-c4ccc5c(c4)C(c4ccccc4)(c4ccccc4)c4ccccc4-5)n3)cc2)cc1. The minimum atomic E-state index is -0.504. The van der Waals surface area contributed by atoms with Crippen LogP contribution in [0.2, 0.25) is 0 Å². The van der Waals surface area contributed by atoms with Crippen LogP contribution in [-0.2, 0) is 10.8 Å². The predicted octanol–water partition coefficient (Wildman–Crippen LogP) is 33.1. The highest BCUT2D eigenvalue weighted by Crippen LogP contribution is 2.58. The number of rotatable bonds is 16. The average Bonchev–Trinajstić information content (AvgIpc) is 1.53. The summed E-state index contributed by atoms with van der Waals surface area (Å²) in [4.78, 5) is 40.3. The zero-order valence-corrected chi connectivity index (χ0v) is 79.1. The summed E-state index contributed by atoms with van der Waals surface area (Å²) in [5.41, 5.74) is 36.7. The van der Waals surface area contributed by atoms with Gasteiger partial charge in [-0.25, -0.2) is 39.9 Å². The van der Waals surface area contributed by atoms with Crippen LogP contribution in [0.3, 0.4) is 0 Å². The Labute approximate surface area is 835 Å². The smallest absolute Gasteiger partial charge is 0.164 e. The number of hydrogen-bond donors (Lipinski definition) is 0. The minimum absolute atomic E-state index is 0.0321. The van der Waals surface area contributed by atoms with Crippen molar-refractivity contribution < 1.29 is 0 Å². The molecule has 0 N–H and O–H groups in total. The Kier molecular flexibility index (Phi) is 22.3. The summed E-state index contributed by atoms with van der Waals surface area (Å²) in [7, 11) is 0. The average molecular weight is 1840 g/mol. The molecule has 144 heavy (non-hydrogen) atoms. The summed E-state index contributed by atoms with van der Waals surface area (Å²) in [6, 6.07) is 184. The number of nitrogens with zero attached hydrogens (tertiary/aromatic N) is 10. The van der Waals surface area contributed by atoms with Crippen LogP contribution in [0.1, 0.15) is 47.2 Å². The van der Waals surface area contributed by atoms with E-state index in [9.17, 15) is 0 Å². The number of para-hydroxylation sites is 4. The first kappa shape index (κ1) is 86.7. The highest BCUT2D eigenvalue weighted by atomic mass is 15.1. The predicted molar refractivity (Wildman–Crippen MR) is 590 cm³/mol. The van der Waals surface area contributed by atoms with Crippen LogP contribution in [0.5, 0.6) is 0 Å². The van der Waals surface area contributed by atoms with Crippen LogP contribution in [0.4, 0.5) is 0 Å². The second-order valence-electron chi connectivity index (χ2n) is 37.2. The van der Waals surface area contributed by atoms with Crippen molar-refractivity contribution in [1.82, 2.24) is 49.0 Å². The van der Waals surface area contributed by atoms with Gasteiger partial charge in [-0.15, -0.1) is 0 Å². The molecule has 0 radical (unpaired) electrons. The Bertz CT molecular complexity index is 8730. The van der Waals surface area contributed by atoms with Crippen molar-refractivity contribution in [1.29, 1.82) is 0 Å². The second-order valence-corrected chi connectivity index (χ2v) is 37.2. The van der Waals surface area contributed by atoms with E-state index in [2.05, 4.69) is 435 Å². The van der Waals surface area contributed by atoms with Crippen molar-refractivity contribution in [3.63, 3.8) is 0 Å². The Morgan fingerprint density at radius 1 is 0.160 bits per heavy atom. The summed E-state index contributed by atoms with van der Waals surface area (Å²) < 4.78 is 4.78. The molecule has 0 saturated carbocycles. The van der Waals surface area contributed by atoms with E-state index in [4.69, 9.17) is 39.9 Å². The van der Waals surface area contributed by atoms with E-state index in [0.717, 1.165) is 112 Å². The lowest BCUT2D eigenvalue weighted by atomic mass is 9.67. The van der Waals surface area contributed by atoms with Crippen LogP contribution >= 0.6 is 0 Å². The quantitative estimate of drug-likeness (QED) is 0.0940. The number of fused-ring (bicyclic) bond motifs is 12. The Morgan fingerprint density at radius 3 is 0.861 bits per heavy atom. The number of aromatic nitrogens is 10. The van der Waals surface area contributed by atoms with Gasteiger partial charge in [-0.2, -0.15) is 0 Å². The largest absolute Gasteiger partial charge is 0.309 e. The van der Waals surface area contributed by atoms with Gasteiger partial charge in [0.25, 0.3) is 0 Å². The van der Waals surface area contributed by atoms with Gasteiger partial charge < -0.3 is 9.13 Å². The van der Waals surface area contributed by atoms with Crippen LogP contribution in [0.15, 0.2) is 522 Å². The maximum atomic E-state index is 5.26. The van der Waals surface area contributed by atoms with E-state index < -0.39 is 5.41 Å². The lowest BCUT2D eigenvalue weighted by molar-refractivity contribution is 0.660. The van der Waals surface area contributed by atoms with Gasteiger partial charge in [0.1, 0.15) is 0 Å². The molecule has 25 aromatic rings. The van der Waals surface area contributed by atoms with E-state index >= 15 is 0 Å². The van der Waals surface area contributed by atoms with E-state index in [-0.39, 0.29) is 5.41 Å². The molecule has 0 fully saturated rings. The van der Waals surface area contributed by atoms with Gasteiger partial charge >= 0.3 is 0 Å². The molecule has 5 aromatic heterocycles. The Hall–Kier alpha value is -18.9. The van der Waals surface area contributed by atoms with Crippen LogP contribution in [0, 0.1) is 0 Å². The summed E-state index contributed by atoms with van der Waals surface area (Å²) in [5.74, 6) is 4.61. The zero-order chi connectivity index (χ0) is 96.0. The van der Waals surface area contributed by atoms with Crippen molar-refractivity contribution in [2.24, 2.45) is 0 Å². The van der Waals surface area contributed by atoms with Crippen LogP contribution in [-0.4, -0.2) is 49.0 Å². The molecule has 20 aromatic carbocycles. The van der Waals surface area contributed by atoms with E-state index in [1.165, 1.54) is 93.9 Å². The zero-order valence-electron chi connectivity index (χ0n) is 79.1. The molecule has 27 rings (SSSR count). The first-order valence-corrected chi connectivity index (χ1v) is 48.9. The molecule has 5 heterocycles. The Morgan fingerprint density at radius 2 is 0.424 bits per heavy atom. The van der Waals surface area contributed by atoms with Gasteiger partial charge in [0.15, 0.2) is 40.8 Å². The topological polar surface area (TPSA) is 113 Å². The maximum absolute atomic E-state index is 5.26. The van der Waals surface area contributed by atoms with Gasteiger partial charge in [-0.05, 0) is 162 Å². The molecular weight excluding hydrogens is 1750 g/mol. The second kappa shape index (κ2) is 37.1. The molecule has 0 atom stereocenters. The van der Waals surface area contributed by atoms with Crippen LogP contribution in [0.25, 0.3) is 213 Å². The van der Waals surface area contributed by atoms with E-state index in [0.29, 0.717) is 40.8 Å². The Balaban J connectivity index is 0.000000113. The molecular formula is C134H92N10. The van der Waals surface area contributed by atoms with Crippen molar-refractivity contribution in [3.8, 4) is 169 Å². The molecule has 0 aliphatic heterocycles. The number of hydrogen-bond acceptors (Lipinski definition) is 8. The fourth-order valence-electron chi connectivity index (χ4n) is 21.4. The molecule has 0 bridgehead atoms. The number of benzene rings is 20. The fourth-order valence-corrected chi connectivity index (χ4v) is 21.4. The summed E-state index contributed by atoms with van der Waals surface area (Å²) in [6.07, 6.45) is 0. The summed E-state index contributed by atoms with van der Waals surface area (Å²) in [5, 5.41) is 4.91. The first-order valence-electron chi connectivity index (χ1n) is 48.9. The molecule has 2 aliphatic rings. The standard InChI is InChI=1S/C46H30N4.C46H31N3.C42H31N3/c1-3-15-31(16-4-1)40-30-41(48-46(47-40)32-17-5-2-6-18-32)33-27-34(49-42-23-11-7-19-36(42)37-20-8-12-24-43(37)49)29-35(28-33)50-44-25-13-9-21-38(44)39-22-10-14-26-45(39)50;1-5-15-32(16-6-1)33-25-27-35(28-26-33)44-47-43(34-17-7-2-8-18-34)48-45(49-44)36-29-30-40-39-23-13-14-24-41(39)46(42(40)31-36,37-19-9-3-10-20-37)38-21-11-4-12-22-38;1-42(2)37-22-10-9-21-35(37)36-24-23-33(27-38(36)42)31-18-11-17-30(25-31)32-19-12-20-34(26-32)41-44-39(28-13-5-3-6-14-28)43-40(45-41)29-15-7-4-8-16-29/h1-30H;1-31H;3-27H,1-2H3. The minimum Gasteiger partial charge on any atom is -0.309 e. The van der Waals surface area contributed by atoms with E-state index in [1.54, 1.807) is 0 Å². The van der Waals surface area contributed by atoms with Gasteiger partial charge in [0, 0.05) is 88.4 Å². The van der Waals surface area contributed by atoms with Crippen molar-refractivity contribution in [2.45, 2.75) is 24.7 Å². The molecule has 0 amide bonds. The lowest BCUT2D eigenvalue weighted by Gasteiger charge is -2.34.